The van der Waals surface area contributed by atoms with Gasteiger partial charge in [-0.3, -0.25) is 4.21 Å². The van der Waals surface area contributed by atoms with E-state index >= 15 is 0 Å². The van der Waals surface area contributed by atoms with Crippen molar-refractivity contribution in [3.8, 4) is 6.07 Å². The predicted octanol–water partition coefficient (Wildman–Crippen LogP) is 3.77. The van der Waals surface area contributed by atoms with Crippen LogP contribution < -0.4 is 0 Å². The van der Waals surface area contributed by atoms with E-state index in [4.69, 9.17) is 5.26 Å². The van der Waals surface area contributed by atoms with E-state index in [0.717, 1.165) is 4.47 Å². The third kappa shape index (κ3) is 3.49. The molecule has 2 aromatic rings. The van der Waals surface area contributed by atoms with Crippen molar-refractivity contribution in [2.45, 2.75) is 10.6 Å². The summed E-state index contributed by atoms with van der Waals surface area (Å²) >= 11 is 3.32. The highest BCUT2D eigenvalue weighted by Gasteiger charge is 2.08. The minimum Gasteiger partial charge on any atom is -0.254 e. The quantitative estimate of drug-likeness (QED) is 0.855. The van der Waals surface area contributed by atoms with Crippen molar-refractivity contribution >= 4 is 26.7 Å². The summed E-state index contributed by atoms with van der Waals surface area (Å²) < 4.78 is 26.2. The Labute approximate surface area is 121 Å². The van der Waals surface area contributed by atoms with Crippen LogP contribution in [0.1, 0.15) is 11.1 Å². The molecule has 0 saturated carbocycles. The van der Waals surface area contributed by atoms with E-state index < -0.39 is 16.6 Å². The van der Waals surface area contributed by atoms with Crippen molar-refractivity contribution in [3.63, 3.8) is 0 Å². The van der Waals surface area contributed by atoms with Gasteiger partial charge in [0, 0.05) is 9.37 Å². The zero-order valence-electron chi connectivity index (χ0n) is 9.77. The summed E-state index contributed by atoms with van der Waals surface area (Å²) in [4.78, 5) is 0.692. The average Bonchev–Trinajstić information content (AvgIpc) is 2.41. The Hall–Kier alpha value is -1.51. The van der Waals surface area contributed by atoms with Gasteiger partial charge in [-0.05, 0) is 35.9 Å². The molecule has 0 radical (unpaired) electrons. The van der Waals surface area contributed by atoms with Crippen LogP contribution >= 0.6 is 15.9 Å². The molecule has 0 fully saturated rings. The average molecular weight is 338 g/mol. The molecule has 0 N–H and O–H groups in total. The van der Waals surface area contributed by atoms with E-state index in [2.05, 4.69) is 15.9 Å². The van der Waals surface area contributed by atoms with Gasteiger partial charge in [-0.25, -0.2) is 4.39 Å². The molecule has 0 aromatic heterocycles. The van der Waals surface area contributed by atoms with Crippen molar-refractivity contribution in [1.29, 1.82) is 5.26 Å². The summed E-state index contributed by atoms with van der Waals surface area (Å²) in [6.45, 7) is 0. The Kier molecular flexibility index (Phi) is 4.46. The van der Waals surface area contributed by atoms with Crippen LogP contribution in [0.3, 0.4) is 0 Å². The molecule has 0 spiro atoms. The second-order valence-electron chi connectivity index (χ2n) is 3.87. The predicted molar refractivity (Wildman–Crippen MR) is 75.4 cm³/mol. The molecule has 1 unspecified atom stereocenters. The van der Waals surface area contributed by atoms with Gasteiger partial charge < -0.3 is 0 Å². The Morgan fingerprint density at radius 2 is 2.05 bits per heavy atom. The molecule has 5 heteroatoms. The highest BCUT2D eigenvalue weighted by Crippen LogP contribution is 2.18. The molecular weight excluding hydrogens is 329 g/mol. The summed E-state index contributed by atoms with van der Waals surface area (Å²) in [5.74, 6) is -0.301. The molecular formula is C14H9BrFNOS. The zero-order valence-corrected chi connectivity index (χ0v) is 12.2. The van der Waals surface area contributed by atoms with Crippen LogP contribution in [0.25, 0.3) is 0 Å². The SMILES string of the molecule is N#Cc1cc(CS(=O)c2cccc(Br)c2)ccc1F. The monoisotopic (exact) mass is 337 g/mol. The first-order valence-electron chi connectivity index (χ1n) is 5.42. The maximum atomic E-state index is 13.2. The van der Waals surface area contributed by atoms with Crippen molar-refractivity contribution in [3.05, 3.63) is 63.9 Å². The topological polar surface area (TPSA) is 40.9 Å². The Morgan fingerprint density at radius 1 is 1.26 bits per heavy atom. The minimum atomic E-state index is -1.22. The second kappa shape index (κ2) is 6.09. The lowest BCUT2D eigenvalue weighted by Gasteiger charge is -2.04. The van der Waals surface area contributed by atoms with Gasteiger partial charge in [-0.15, -0.1) is 0 Å². The van der Waals surface area contributed by atoms with Crippen LogP contribution in [-0.2, 0) is 16.6 Å². The van der Waals surface area contributed by atoms with Gasteiger partial charge in [0.2, 0.25) is 0 Å². The molecule has 1 atom stereocenters. The maximum Gasteiger partial charge on any atom is 0.140 e. The number of nitriles is 1. The first-order chi connectivity index (χ1) is 9.10. The normalized spacial score (nSPS) is 11.8. The highest BCUT2D eigenvalue weighted by atomic mass is 79.9. The van der Waals surface area contributed by atoms with E-state index in [0.29, 0.717) is 10.5 Å². The van der Waals surface area contributed by atoms with Gasteiger partial charge >= 0.3 is 0 Å². The molecule has 0 aliphatic heterocycles. The van der Waals surface area contributed by atoms with Crippen LogP contribution in [-0.4, -0.2) is 4.21 Å². The number of rotatable bonds is 3. The van der Waals surface area contributed by atoms with Gasteiger partial charge in [0.15, 0.2) is 0 Å². The van der Waals surface area contributed by atoms with E-state index in [9.17, 15) is 8.60 Å². The minimum absolute atomic E-state index is 0.0243. The largest absolute Gasteiger partial charge is 0.254 e. The van der Waals surface area contributed by atoms with E-state index in [1.807, 2.05) is 12.1 Å². The van der Waals surface area contributed by atoms with Crippen molar-refractivity contribution in [2.24, 2.45) is 0 Å². The third-order valence-electron chi connectivity index (χ3n) is 2.51. The Balaban J connectivity index is 2.22. The summed E-state index contributed by atoms with van der Waals surface area (Å²) in [6.07, 6.45) is 0. The molecule has 0 aliphatic rings. The number of nitrogens with zero attached hydrogens (tertiary/aromatic N) is 1. The fourth-order valence-corrected chi connectivity index (χ4v) is 3.28. The highest BCUT2D eigenvalue weighted by molar-refractivity contribution is 9.10. The Morgan fingerprint density at radius 3 is 2.74 bits per heavy atom. The van der Waals surface area contributed by atoms with Gasteiger partial charge in [0.05, 0.1) is 22.1 Å². The molecule has 96 valence electrons. The zero-order chi connectivity index (χ0) is 13.8. The van der Waals surface area contributed by atoms with Crippen molar-refractivity contribution in [2.75, 3.05) is 0 Å². The van der Waals surface area contributed by atoms with Crippen molar-refractivity contribution < 1.29 is 8.60 Å². The summed E-state index contributed by atoms with van der Waals surface area (Å²) in [5, 5.41) is 8.76. The first-order valence-corrected chi connectivity index (χ1v) is 7.54. The van der Waals surface area contributed by atoms with Crippen LogP contribution in [0.2, 0.25) is 0 Å². The van der Waals surface area contributed by atoms with E-state index in [1.54, 1.807) is 24.3 Å². The third-order valence-corrected chi connectivity index (χ3v) is 4.38. The summed E-state index contributed by atoms with van der Waals surface area (Å²) in [7, 11) is -1.22. The van der Waals surface area contributed by atoms with Gasteiger partial charge in [-0.1, -0.05) is 28.1 Å². The number of benzene rings is 2. The van der Waals surface area contributed by atoms with Crippen LogP contribution in [0.5, 0.6) is 0 Å². The lowest BCUT2D eigenvalue weighted by molar-refractivity contribution is 0.623. The molecule has 2 aromatic carbocycles. The number of halogens is 2. The standard InChI is InChI=1S/C14H9BrFNOS/c15-12-2-1-3-13(7-12)19(18)9-10-4-5-14(16)11(6-10)8-17/h1-7H,9H2. The second-order valence-corrected chi connectivity index (χ2v) is 6.24. The van der Waals surface area contributed by atoms with Crippen LogP contribution in [0.4, 0.5) is 4.39 Å². The van der Waals surface area contributed by atoms with Crippen molar-refractivity contribution in [1.82, 2.24) is 0 Å². The Bertz CT molecular complexity index is 681. The molecule has 0 amide bonds. The lowest BCUT2D eigenvalue weighted by atomic mass is 10.1. The molecule has 0 saturated heterocycles. The summed E-state index contributed by atoms with van der Waals surface area (Å²) in [6, 6.07) is 13.2. The molecule has 2 rings (SSSR count). The molecule has 19 heavy (non-hydrogen) atoms. The van der Waals surface area contributed by atoms with Gasteiger partial charge in [-0.2, -0.15) is 5.26 Å². The fraction of sp³-hybridized carbons (Fsp3) is 0.0714. The van der Waals surface area contributed by atoms with Crippen LogP contribution in [0, 0.1) is 17.1 Å². The molecule has 0 heterocycles. The van der Waals surface area contributed by atoms with E-state index in [-0.39, 0.29) is 11.3 Å². The first kappa shape index (κ1) is 13.9. The van der Waals surface area contributed by atoms with E-state index in [1.165, 1.54) is 12.1 Å². The molecule has 0 bridgehead atoms. The molecule has 0 aliphatic carbocycles. The van der Waals surface area contributed by atoms with Gasteiger partial charge in [0.25, 0.3) is 0 Å². The fourth-order valence-electron chi connectivity index (χ4n) is 1.59. The van der Waals surface area contributed by atoms with Gasteiger partial charge in [0.1, 0.15) is 11.9 Å². The summed E-state index contributed by atoms with van der Waals surface area (Å²) in [5.41, 5.74) is 0.653. The number of hydrogen-bond donors (Lipinski definition) is 0. The molecule has 2 nitrogen and oxygen atoms in total. The smallest absolute Gasteiger partial charge is 0.140 e. The maximum absolute atomic E-state index is 13.2. The number of hydrogen-bond acceptors (Lipinski definition) is 2. The lowest BCUT2D eigenvalue weighted by Crippen LogP contribution is -1.98. The van der Waals surface area contributed by atoms with Crippen LogP contribution in [0.15, 0.2) is 51.8 Å².